The number of piperidine rings is 1. The molecule has 3 heterocycles. The van der Waals surface area contributed by atoms with Crippen LogP contribution in [0.1, 0.15) is 49.1 Å². The third kappa shape index (κ3) is 4.63. The van der Waals surface area contributed by atoms with Gasteiger partial charge >= 0.3 is 0 Å². The van der Waals surface area contributed by atoms with Gasteiger partial charge in [-0.3, -0.25) is 4.79 Å². The summed E-state index contributed by atoms with van der Waals surface area (Å²) < 4.78 is 39.4. The van der Waals surface area contributed by atoms with Gasteiger partial charge in [-0.05, 0) is 50.5 Å². The number of fused-ring (bicyclic) bond motifs is 1. The number of hydrogen-bond donors (Lipinski definition) is 0. The van der Waals surface area contributed by atoms with Crippen LogP contribution >= 0.6 is 0 Å². The summed E-state index contributed by atoms with van der Waals surface area (Å²) in [5.74, 6) is 0.912. The van der Waals surface area contributed by atoms with Gasteiger partial charge in [-0.2, -0.15) is 14.6 Å². The predicted molar refractivity (Wildman–Crippen MR) is 112 cm³/mol. The lowest BCUT2D eigenvalue weighted by Gasteiger charge is -2.32. The van der Waals surface area contributed by atoms with Crippen LogP contribution in [0.15, 0.2) is 30.6 Å². The number of rotatable bonds is 7. The number of nitrogens with zero attached hydrogens (tertiary/aromatic N) is 5. The molecule has 8 nitrogen and oxygen atoms in total. The van der Waals surface area contributed by atoms with Gasteiger partial charge in [-0.15, -0.1) is 0 Å². The summed E-state index contributed by atoms with van der Waals surface area (Å²) in [6.07, 6.45) is -0.0101. The number of aryl methyl sites for hydroxylation is 1. The van der Waals surface area contributed by atoms with Gasteiger partial charge in [0.25, 0.3) is 18.1 Å². The largest absolute Gasteiger partial charge is 0.490 e. The van der Waals surface area contributed by atoms with E-state index in [0.29, 0.717) is 36.9 Å². The lowest BCUT2D eigenvalue weighted by molar-refractivity contribution is -0.134. The Kier molecular flexibility index (Phi) is 6.48. The number of halogens is 2. The van der Waals surface area contributed by atoms with Crippen molar-refractivity contribution in [2.75, 3.05) is 26.3 Å². The molecule has 3 aromatic rings. The van der Waals surface area contributed by atoms with Crippen LogP contribution in [-0.2, 0) is 4.79 Å². The van der Waals surface area contributed by atoms with Crippen molar-refractivity contribution in [2.24, 2.45) is 0 Å². The molecule has 0 spiro atoms. The van der Waals surface area contributed by atoms with Crippen LogP contribution in [0.5, 0.6) is 11.5 Å². The lowest BCUT2D eigenvalue weighted by atomic mass is 9.94. The van der Waals surface area contributed by atoms with E-state index in [1.54, 1.807) is 11.0 Å². The second kappa shape index (κ2) is 9.46. The van der Waals surface area contributed by atoms with Gasteiger partial charge in [0, 0.05) is 19.0 Å². The molecule has 0 bridgehead atoms. The molecular weight excluding hydrogens is 420 g/mol. The fraction of sp³-hybridized carbons (Fsp3) is 0.455. The van der Waals surface area contributed by atoms with Crippen LogP contribution in [-0.4, -0.2) is 56.7 Å². The summed E-state index contributed by atoms with van der Waals surface area (Å²) in [5.41, 5.74) is 1.28. The van der Waals surface area contributed by atoms with Crippen molar-refractivity contribution in [1.82, 2.24) is 24.5 Å². The van der Waals surface area contributed by atoms with Crippen LogP contribution in [0.25, 0.3) is 5.78 Å². The van der Waals surface area contributed by atoms with E-state index < -0.39 is 6.43 Å². The molecule has 2 aromatic heterocycles. The van der Waals surface area contributed by atoms with E-state index in [2.05, 4.69) is 15.1 Å². The first kappa shape index (κ1) is 21.9. The molecule has 0 saturated carbocycles. The highest BCUT2D eigenvalue weighted by atomic mass is 19.3. The standard InChI is InChI=1S/C22H25F2N5O3/c1-3-31-19-9-14(2)6-7-18(19)32-12-20(30)28-8-4-5-15(11-28)16-10-17(21(23)24)29-22(27-16)25-13-26-29/h6-7,9-10,13,15,21H,3-5,8,11-12H2,1-2H3. The molecular formula is C22H25F2N5O3. The van der Waals surface area contributed by atoms with Crippen molar-refractivity contribution < 1.29 is 23.0 Å². The number of hydrogen-bond acceptors (Lipinski definition) is 6. The summed E-state index contributed by atoms with van der Waals surface area (Å²) in [6, 6.07) is 6.91. The fourth-order valence-corrected chi connectivity index (χ4v) is 3.90. The Morgan fingerprint density at radius 2 is 2.09 bits per heavy atom. The first-order valence-electron chi connectivity index (χ1n) is 10.6. The van der Waals surface area contributed by atoms with Gasteiger partial charge in [0.2, 0.25) is 0 Å². The maximum atomic E-state index is 13.5. The Balaban J connectivity index is 1.45. The maximum Gasteiger partial charge on any atom is 0.280 e. The monoisotopic (exact) mass is 445 g/mol. The Hall–Kier alpha value is -3.30. The summed E-state index contributed by atoms with van der Waals surface area (Å²) >= 11 is 0. The van der Waals surface area contributed by atoms with E-state index in [1.165, 1.54) is 12.4 Å². The molecule has 10 heteroatoms. The zero-order valence-corrected chi connectivity index (χ0v) is 18.0. The molecule has 4 rings (SSSR count). The fourth-order valence-electron chi connectivity index (χ4n) is 3.90. The molecule has 1 amide bonds. The Morgan fingerprint density at radius 1 is 1.25 bits per heavy atom. The molecule has 0 N–H and O–H groups in total. The molecule has 1 fully saturated rings. The zero-order valence-electron chi connectivity index (χ0n) is 18.0. The second-order valence-electron chi connectivity index (χ2n) is 7.73. The summed E-state index contributed by atoms with van der Waals surface area (Å²) in [6.45, 7) is 5.17. The van der Waals surface area contributed by atoms with Gasteiger partial charge in [0.15, 0.2) is 18.1 Å². The maximum absolute atomic E-state index is 13.5. The molecule has 1 aromatic carbocycles. The van der Waals surface area contributed by atoms with Crippen molar-refractivity contribution in [3.05, 3.63) is 47.5 Å². The van der Waals surface area contributed by atoms with Crippen molar-refractivity contribution in [3.63, 3.8) is 0 Å². The quantitative estimate of drug-likeness (QED) is 0.553. The second-order valence-corrected chi connectivity index (χ2v) is 7.73. The third-order valence-corrected chi connectivity index (χ3v) is 5.47. The highest BCUT2D eigenvalue weighted by Crippen LogP contribution is 2.30. The van der Waals surface area contributed by atoms with E-state index in [1.807, 2.05) is 26.0 Å². The molecule has 1 unspecified atom stereocenters. The smallest absolute Gasteiger partial charge is 0.280 e. The average Bonchev–Trinajstić information content (AvgIpc) is 3.26. The summed E-state index contributed by atoms with van der Waals surface area (Å²) in [7, 11) is 0. The highest BCUT2D eigenvalue weighted by molar-refractivity contribution is 5.78. The van der Waals surface area contributed by atoms with Crippen LogP contribution in [0.2, 0.25) is 0 Å². The number of amides is 1. The van der Waals surface area contributed by atoms with Crippen molar-refractivity contribution in [3.8, 4) is 11.5 Å². The molecule has 170 valence electrons. The van der Waals surface area contributed by atoms with Gasteiger partial charge in [-0.1, -0.05) is 6.07 Å². The lowest BCUT2D eigenvalue weighted by Crippen LogP contribution is -2.41. The van der Waals surface area contributed by atoms with E-state index >= 15 is 0 Å². The zero-order chi connectivity index (χ0) is 22.7. The van der Waals surface area contributed by atoms with E-state index in [9.17, 15) is 13.6 Å². The van der Waals surface area contributed by atoms with Crippen molar-refractivity contribution >= 4 is 11.7 Å². The van der Waals surface area contributed by atoms with Crippen molar-refractivity contribution in [1.29, 1.82) is 0 Å². The molecule has 1 aliphatic rings. The topological polar surface area (TPSA) is 81.9 Å². The van der Waals surface area contributed by atoms with E-state index in [0.717, 1.165) is 22.9 Å². The molecule has 0 aliphatic carbocycles. The number of aromatic nitrogens is 4. The van der Waals surface area contributed by atoms with Crippen LogP contribution in [0.4, 0.5) is 8.78 Å². The van der Waals surface area contributed by atoms with E-state index in [4.69, 9.17) is 9.47 Å². The SMILES string of the molecule is CCOc1cc(C)ccc1OCC(=O)N1CCCC(c2cc(C(F)F)n3ncnc3n2)C1. The number of carbonyl (C=O) groups is 1. The normalized spacial score (nSPS) is 16.5. The Bertz CT molecular complexity index is 1100. The number of carbonyl (C=O) groups excluding carboxylic acids is 1. The Labute approximate surface area is 184 Å². The highest BCUT2D eigenvalue weighted by Gasteiger charge is 2.28. The third-order valence-electron chi connectivity index (χ3n) is 5.47. The van der Waals surface area contributed by atoms with Gasteiger partial charge < -0.3 is 14.4 Å². The van der Waals surface area contributed by atoms with Crippen LogP contribution in [0.3, 0.4) is 0 Å². The first-order valence-corrected chi connectivity index (χ1v) is 10.6. The molecule has 1 aliphatic heterocycles. The number of alkyl halides is 2. The molecule has 1 atom stereocenters. The minimum absolute atomic E-state index is 0.130. The van der Waals surface area contributed by atoms with Gasteiger partial charge in [0.1, 0.15) is 12.0 Å². The minimum atomic E-state index is -2.70. The van der Waals surface area contributed by atoms with Gasteiger partial charge in [-0.25, -0.2) is 13.8 Å². The molecule has 1 saturated heterocycles. The Morgan fingerprint density at radius 3 is 2.88 bits per heavy atom. The van der Waals surface area contributed by atoms with Crippen molar-refractivity contribution in [2.45, 2.75) is 39.0 Å². The first-order chi connectivity index (χ1) is 15.5. The van der Waals surface area contributed by atoms with Gasteiger partial charge in [0.05, 0.1) is 12.3 Å². The summed E-state index contributed by atoms with van der Waals surface area (Å²) in [4.78, 5) is 22.9. The average molecular weight is 445 g/mol. The van der Waals surface area contributed by atoms with E-state index in [-0.39, 0.29) is 29.9 Å². The number of likely N-dealkylation sites (tertiary alicyclic amines) is 1. The number of ether oxygens (including phenoxy) is 2. The molecule has 32 heavy (non-hydrogen) atoms. The van der Waals surface area contributed by atoms with Crippen LogP contribution < -0.4 is 9.47 Å². The minimum Gasteiger partial charge on any atom is -0.490 e. The predicted octanol–water partition coefficient (Wildman–Crippen LogP) is 3.55. The molecule has 0 radical (unpaired) electrons. The number of benzene rings is 1. The van der Waals surface area contributed by atoms with Crippen LogP contribution in [0, 0.1) is 6.92 Å². The summed E-state index contributed by atoms with van der Waals surface area (Å²) in [5, 5.41) is 3.82.